The van der Waals surface area contributed by atoms with Crippen molar-refractivity contribution in [2.24, 2.45) is 0 Å². The Balaban J connectivity index is 1.90. The van der Waals surface area contributed by atoms with Crippen LogP contribution in [0.15, 0.2) is 10.9 Å². The summed E-state index contributed by atoms with van der Waals surface area (Å²) in [4.78, 5) is 24.0. The molecule has 9 heteroatoms. The third kappa shape index (κ3) is 2.29. The highest BCUT2D eigenvalue weighted by molar-refractivity contribution is 7.99. The Morgan fingerprint density at radius 1 is 1.65 bits per heavy atom. The van der Waals surface area contributed by atoms with Crippen LogP contribution in [-0.2, 0) is 0 Å². The number of carbonyl (C=O) groups is 1. The van der Waals surface area contributed by atoms with E-state index in [4.69, 9.17) is 9.63 Å². The molecule has 2 N–H and O–H groups in total. The highest BCUT2D eigenvalue weighted by Gasteiger charge is 2.27. The van der Waals surface area contributed by atoms with Crippen molar-refractivity contribution in [3.63, 3.8) is 0 Å². The minimum atomic E-state index is -1.13. The van der Waals surface area contributed by atoms with Gasteiger partial charge in [0.1, 0.15) is 5.69 Å². The number of aromatic amines is 1. The van der Waals surface area contributed by atoms with E-state index in [0.717, 1.165) is 18.1 Å². The molecule has 0 radical (unpaired) electrons. The number of thioether (sulfide) groups is 1. The Labute approximate surface area is 118 Å². The maximum absolute atomic E-state index is 11.0. The molecule has 1 aliphatic rings. The molecular weight excluding hydrogens is 282 g/mol. The van der Waals surface area contributed by atoms with E-state index in [2.05, 4.69) is 25.0 Å². The Hall–Kier alpha value is -1.87. The summed E-state index contributed by atoms with van der Waals surface area (Å²) < 4.78 is 5.17. The van der Waals surface area contributed by atoms with Crippen molar-refractivity contribution in [2.45, 2.75) is 6.04 Å². The lowest BCUT2D eigenvalue weighted by molar-refractivity contribution is 0.0691. The van der Waals surface area contributed by atoms with E-state index < -0.39 is 5.97 Å². The normalized spacial score (nSPS) is 20.1. The molecule has 1 unspecified atom stereocenters. The molecule has 0 spiro atoms. The highest BCUT2D eigenvalue weighted by atomic mass is 32.2. The number of hydrogen-bond acceptors (Lipinski definition) is 7. The van der Waals surface area contributed by atoms with Crippen LogP contribution >= 0.6 is 11.8 Å². The first-order valence-corrected chi connectivity index (χ1v) is 7.21. The fourth-order valence-corrected chi connectivity index (χ4v) is 3.26. The molecular formula is C11H13N5O3S. The van der Waals surface area contributed by atoms with Gasteiger partial charge in [0.05, 0.1) is 12.4 Å². The number of H-pyrrole nitrogens is 1. The van der Waals surface area contributed by atoms with E-state index in [9.17, 15) is 4.79 Å². The molecule has 20 heavy (non-hydrogen) atoms. The lowest BCUT2D eigenvalue weighted by Gasteiger charge is -2.29. The van der Waals surface area contributed by atoms with E-state index in [-0.39, 0.29) is 23.3 Å². The average Bonchev–Trinajstić information content (AvgIpc) is 3.07. The molecule has 0 saturated carbocycles. The second-order valence-electron chi connectivity index (χ2n) is 4.46. The zero-order chi connectivity index (χ0) is 14.1. The van der Waals surface area contributed by atoms with Gasteiger partial charge in [0.15, 0.2) is 11.5 Å². The molecule has 3 rings (SSSR count). The van der Waals surface area contributed by atoms with E-state index >= 15 is 0 Å². The van der Waals surface area contributed by atoms with Gasteiger partial charge in [-0.15, -0.1) is 0 Å². The molecule has 1 saturated heterocycles. The van der Waals surface area contributed by atoms with Gasteiger partial charge in [-0.1, -0.05) is 5.16 Å². The summed E-state index contributed by atoms with van der Waals surface area (Å²) in [5, 5.41) is 13.0. The zero-order valence-electron chi connectivity index (χ0n) is 10.7. The third-order valence-electron chi connectivity index (χ3n) is 3.19. The van der Waals surface area contributed by atoms with E-state index in [0.29, 0.717) is 5.82 Å². The second kappa shape index (κ2) is 5.25. The minimum Gasteiger partial charge on any atom is -0.476 e. The van der Waals surface area contributed by atoms with Gasteiger partial charge in [-0.05, 0) is 7.05 Å². The van der Waals surface area contributed by atoms with Crippen molar-refractivity contribution in [1.82, 2.24) is 25.0 Å². The van der Waals surface area contributed by atoms with Crippen LogP contribution < -0.4 is 0 Å². The van der Waals surface area contributed by atoms with Gasteiger partial charge in [0, 0.05) is 18.1 Å². The number of nitrogens with zero attached hydrogens (tertiary/aromatic N) is 4. The lowest BCUT2D eigenvalue weighted by Crippen LogP contribution is -2.33. The first-order chi connectivity index (χ1) is 9.66. The first kappa shape index (κ1) is 13.1. The van der Waals surface area contributed by atoms with Crippen LogP contribution in [-0.4, -0.2) is 61.2 Å². The maximum Gasteiger partial charge on any atom is 0.356 e. The molecule has 2 aromatic rings. The largest absolute Gasteiger partial charge is 0.476 e. The summed E-state index contributed by atoms with van der Waals surface area (Å²) in [7, 11) is 2.01. The smallest absolute Gasteiger partial charge is 0.356 e. The maximum atomic E-state index is 11.0. The topological polar surface area (TPSA) is 108 Å². The van der Waals surface area contributed by atoms with Gasteiger partial charge in [-0.2, -0.15) is 16.7 Å². The van der Waals surface area contributed by atoms with Crippen molar-refractivity contribution >= 4 is 17.7 Å². The molecule has 8 nitrogen and oxygen atoms in total. The van der Waals surface area contributed by atoms with Crippen LogP contribution in [0.1, 0.15) is 22.4 Å². The van der Waals surface area contributed by atoms with Crippen molar-refractivity contribution < 1.29 is 14.4 Å². The number of nitrogens with one attached hydrogen (secondary N) is 1. The standard InChI is InChI=1S/C11H13N5O3S/c1-16-2-3-20-4-6(16)9-14-10(19-15-9)7-8(11(17)18)13-5-12-7/h5-6H,2-4H2,1H3,(H,12,13)(H,17,18). The van der Waals surface area contributed by atoms with Gasteiger partial charge in [0.2, 0.25) is 0 Å². The zero-order valence-corrected chi connectivity index (χ0v) is 11.6. The van der Waals surface area contributed by atoms with Crippen LogP contribution in [0.5, 0.6) is 0 Å². The van der Waals surface area contributed by atoms with Gasteiger partial charge in [0.25, 0.3) is 5.89 Å². The van der Waals surface area contributed by atoms with Gasteiger partial charge in [-0.25, -0.2) is 9.78 Å². The van der Waals surface area contributed by atoms with Crippen molar-refractivity contribution in [1.29, 1.82) is 0 Å². The van der Waals surface area contributed by atoms with Crippen molar-refractivity contribution in [3.05, 3.63) is 17.8 Å². The summed E-state index contributed by atoms with van der Waals surface area (Å²) >= 11 is 1.84. The fourth-order valence-electron chi connectivity index (χ4n) is 2.05. The second-order valence-corrected chi connectivity index (χ2v) is 5.61. The van der Waals surface area contributed by atoms with Crippen LogP contribution in [0.3, 0.4) is 0 Å². The molecule has 1 fully saturated rings. The fraction of sp³-hybridized carbons (Fsp3) is 0.455. The summed E-state index contributed by atoms with van der Waals surface area (Å²) in [5.74, 6) is 1.57. The summed E-state index contributed by atoms with van der Waals surface area (Å²) in [5.41, 5.74) is 0.119. The van der Waals surface area contributed by atoms with E-state index in [1.165, 1.54) is 6.33 Å². The number of carboxylic acid groups (broad SMARTS) is 1. The van der Waals surface area contributed by atoms with Gasteiger partial charge in [-0.3, -0.25) is 4.90 Å². The number of imidazole rings is 1. The molecule has 0 aliphatic carbocycles. The molecule has 106 valence electrons. The number of aromatic nitrogens is 4. The number of rotatable bonds is 3. The molecule has 0 amide bonds. The van der Waals surface area contributed by atoms with Gasteiger partial charge >= 0.3 is 5.97 Å². The van der Waals surface area contributed by atoms with Crippen LogP contribution in [0.4, 0.5) is 0 Å². The predicted octanol–water partition coefficient (Wildman–Crippen LogP) is 0.878. The SMILES string of the molecule is CN1CCSCC1c1noc(-c2[nH]cnc2C(=O)O)n1. The Morgan fingerprint density at radius 3 is 3.25 bits per heavy atom. The number of carboxylic acids is 1. The Bertz CT molecular complexity index is 625. The molecule has 2 aromatic heterocycles. The minimum absolute atomic E-state index is 0.0856. The Morgan fingerprint density at radius 2 is 2.50 bits per heavy atom. The summed E-state index contributed by atoms with van der Waals surface area (Å²) in [6, 6.07) is 0.0856. The Kier molecular flexibility index (Phi) is 3.45. The van der Waals surface area contributed by atoms with Crippen LogP contribution in [0.25, 0.3) is 11.6 Å². The van der Waals surface area contributed by atoms with Crippen molar-refractivity contribution in [3.8, 4) is 11.6 Å². The monoisotopic (exact) mass is 295 g/mol. The van der Waals surface area contributed by atoms with E-state index in [1.807, 2.05) is 18.8 Å². The summed E-state index contributed by atoms with van der Waals surface area (Å²) in [6.45, 7) is 0.962. The molecule has 0 aromatic carbocycles. The molecule has 1 aliphatic heterocycles. The van der Waals surface area contributed by atoms with Crippen molar-refractivity contribution in [2.75, 3.05) is 25.1 Å². The van der Waals surface area contributed by atoms with E-state index in [1.54, 1.807) is 0 Å². The summed E-state index contributed by atoms with van der Waals surface area (Å²) in [6.07, 6.45) is 1.30. The first-order valence-electron chi connectivity index (χ1n) is 6.05. The highest BCUT2D eigenvalue weighted by Crippen LogP contribution is 2.28. The molecule has 0 bridgehead atoms. The average molecular weight is 295 g/mol. The van der Waals surface area contributed by atoms with Crippen LogP contribution in [0, 0.1) is 0 Å². The predicted molar refractivity (Wildman–Crippen MR) is 71.5 cm³/mol. The molecule has 3 heterocycles. The van der Waals surface area contributed by atoms with Gasteiger partial charge < -0.3 is 14.6 Å². The third-order valence-corrected chi connectivity index (χ3v) is 4.21. The quantitative estimate of drug-likeness (QED) is 0.859. The number of aromatic carboxylic acids is 1. The number of hydrogen-bond donors (Lipinski definition) is 2. The van der Waals surface area contributed by atoms with Crippen LogP contribution in [0.2, 0.25) is 0 Å². The lowest BCUT2D eigenvalue weighted by atomic mass is 10.2. The molecule has 1 atom stereocenters.